The van der Waals surface area contributed by atoms with E-state index < -0.39 is 44.1 Å². The van der Waals surface area contributed by atoms with Crippen LogP contribution in [-0.2, 0) is 14.1 Å². The minimum Gasteiger partial charge on any atom is -0.505 e. The summed E-state index contributed by atoms with van der Waals surface area (Å²) in [6.07, 6.45) is -2.78. The van der Waals surface area contributed by atoms with E-state index in [2.05, 4.69) is 4.74 Å². The quantitative estimate of drug-likeness (QED) is 0.212. The van der Waals surface area contributed by atoms with Gasteiger partial charge in [-0.25, -0.2) is 9.36 Å². The van der Waals surface area contributed by atoms with Crippen LogP contribution in [0.4, 0.5) is 0 Å². The number of esters is 1. The van der Waals surface area contributed by atoms with E-state index in [4.69, 9.17) is 39.7 Å². The fourth-order valence-electron chi connectivity index (χ4n) is 0.823. The average Bonchev–Trinajstić information content (AvgIpc) is 2.42. The highest BCUT2D eigenvalue weighted by Gasteiger charge is 2.38. The second-order valence-electron chi connectivity index (χ2n) is 2.82. The molecule has 0 saturated carbocycles. The highest BCUT2D eigenvalue weighted by atomic mass is 31.2. The largest absolute Gasteiger partial charge is 0.505 e. The third-order valence-electron chi connectivity index (χ3n) is 1.48. The van der Waals surface area contributed by atoms with E-state index >= 15 is 0 Å². The van der Waals surface area contributed by atoms with Crippen LogP contribution in [0, 0.1) is 0 Å². The van der Waals surface area contributed by atoms with Crippen molar-refractivity contribution >= 4 is 13.8 Å². The van der Waals surface area contributed by atoms with Crippen molar-refractivity contribution in [3.8, 4) is 0 Å². The van der Waals surface area contributed by atoms with E-state index in [1.165, 1.54) is 0 Å². The normalized spacial score (nSPS) is 21.7. The number of aliphatic hydroxyl groups is 4. The molecule has 7 N–H and O–H groups in total. The lowest BCUT2D eigenvalue weighted by Gasteiger charge is -2.13. The van der Waals surface area contributed by atoms with E-state index in [-0.39, 0.29) is 0 Å². The fraction of sp³-hybridized carbons (Fsp3) is 0.500. The number of ether oxygens (including phenoxy) is 1. The SMILES string of the molecule is O=C1O[C@@H]([C@H](O)CO)C(O)=C1O.O=P(O)(O)O. The summed E-state index contributed by atoms with van der Waals surface area (Å²) in [4.78, 5) is 32.1. The lowest BCUT2D eigenvalue weighted by Crippen LogP contribution is -2.31. The predicted octanol–water partition coefficient (Wildman–Crippen LogP) is -2.34. The molecular weight excluding hydrogens is 263 g/mol. The lowest BCUT2D eigenvalue weighted by molar-refractivity contribution is -0.147. The Morgan fingerprint density at radius 3 is 1.94 bits per heavy atom. The first kappa shape index (κ1) is 15.8. The van der Waals surface area contributed by atoms with E-state index in [0.29, 0.717) is 0 Å². The van der Waals surface area contributed by atoms with Gasteiger partial charge in [-0.05, 0) is 0 Å². The summed E-state index contributed by atoms with van der Waals surface area (Å²) in [5, 5.41) is 35.0. The minimum atomic E-state index is -4.64. The maximum atomic E-state index is 10.5. The van der Waals surface area contributed by atoms with E-state index in [1.807, 2.05) is 0 Å². The molecule has 0 fully saturated rings. The van der Waals surface area contributed by atoms with Gasteiger partial charge in [-0.2, -0.15) is 0 Å². The minimum absolute atomic E-state index is 0.671. The molecule has 100 valence electrons. The molecule has 0 saturated heterocycles. The van der Waals surface area contributed by atoms with E-state index in [0.717, 1.165) is 0 Å². The highest BCUT2D eigenvalue weighted by molar-refractivity contribution is 7.45. The molecule has 0 amide bonds. The Kier molecular flexibility index (Phi) is 5.55. The van der Waals surface area contributed by atoms with Crippen molar-refractivity contribution in [2.75, 3.05) is 6.61 Å². The van der Waals surface area contributed by atoms with Gasteiger partial charge in [0, 0.05) is 0 Å². The number of hydrogen-bond donors (Lipinski definition) is 7. The van der Waals surface area contributed by atoms with E-state index in [9.17, 15) is 4.79 Å². The molecule has 0 aromatic heterocycles. The first-order chi connectivity index (χ1) is 7.57. The van der Waals surface area contributed by atoms with Gasteiger partial charge < -0.3 is 39.8 Å². The van der Waals surface area contributed by atoms with Gasteiger partial charge in [0.1, 0.15) is 6.10 Å². The third kappa shape index (κ3) is 5.63. The summed E-state index contributed by atoms with van der Waals surface area (Å²) in [5.74, 6) is -2.78. The van der Waals surface area contributed by atoms with Crippen molar-refractivity contribution in [1.29, 1.82) is 0 Å². The first-order valence-electron chi connectivity index (χ1n) is 3.98. The zero-order chi connectivity index (χ0) is 13.8. The van der Waals surface area contributed by atoms with Gasteiger partial charge in [0.25, 0.3) is 0 Å². The molecular formula is C6H11O10P. The van der Waals surface area contributed by atoms with Gasteiger partial charge in [-0.1, -0.05) is 0 Å². The van der Waals surface area contributed by atoms with Crippen molar-refractivity contribution < 1.29 is 49.2 Å². The second kappa shape index (κ2) is 5.96. The molecule has 1 aliphatic rings. The van der Waals surface area contributed by atoms with Crippen molar-refractivity contribution in [3.05, 3.63) is 11.5 Å². The zero-order valence-electron chi connectivity index (χ0n) is 8.16. The van der Waals surface area contributed by atoms with Gasteiger partial charge in [0.05, 0.1) is 6.61 Å². The Balaban J connectivity index is 0.000000437. The van der Waals surface area contributed by atoms with Crippen LogP contribution in [0.3, 0.4) is 0 Å². The molecule has 10 nitrogen and oxygen atoms in total. The van der Waals surface area contributed by atoms with Crippen molar-refractivity contribution in [1.82, 2.24) is 0 Å². The molecule has 0 aromatic carbocycles. The molecule has 0 spiro atoms. The number of rotatable bonds is 2. The van der Waals surface area contributed by atoms with Crippen LogP contribution in [0.15, 0.2) is 11.5 Å². The molecule has 1 heterocycles. The Bertz CT molecular complexity index is 348. The Morgan fingerprint density at radius 2 is 1.71 bits per heavy atom. The molecule has 1 rings (SSSR count). The van der Waals surface area contributed by atoms with Crippen LogP contribution in [0.1, 0.15) is 0 Å². The summed E-state index contributed by atoms with van der Waals surface area (Å²) in [5.41, 5.74) is 0. The average molecular weight is 274 g/mol. The monoisotopic (exact) mass is 274 g/mol. The molecule has 1 aliphatic heterocycles. The summed E-state index contributed by atoms with van der Waals surface area (Å²) in [6.45, 7) is -0.671. The summed E-state index contributed by atoms with van der Waals surface area (Å²) in [6, 6.07) is 0. The highest BCUT2D eigenvalue weighted by Crippen LogP contribution is 2.25. The van der Waals surface area contributed by atoms with Gasteiger partial charge >= 0.3 is 13.8 Å². The van der Waals surface area contributed by atoms with Crippen LogP contribution >= 0.6 is 7.82 Å². The van der Waals surface area contributed by atoms with Crippen LogP contribution < -0.4 is 0 Å². The number of cyclic esters (lactones) is 1. The van der Waals surface area contributed by atoms with Gasteiger partial charge in [0.15, 0.2) is 11.9 Å². The van der Waals surface area contributed by atoms with Crippen molar-refractivity contribution in [2.45, 2.75) is 12.2 Å². The molecule has 0 radical (unpaired) electrons. The molecule has 0 bridgehead atoms. The first-order valence-corrected chi connectivity index (χ1v) is 5.54. The van der Waals surface area contributed by atoms with Crippen molar-refractivity contribution in [3.63, 3.8) is 0 Å². The van der Waals surface area contributed by atoms with Gasteiger partial charge in [0.2, 0.25) is 5.76 Å². The zero-order valence-corrected chi connectivity index (χ0v) is 9.06. The fourth-order valence-corrected chi connectivity index (χ4v) is 0.823. The summed E-state index contributed by atoms with van der Waals surface area (Å²) in [7, 11) is -4.64. The molecule has 0 aliphatic carbocycles. The third-order valence-corrected chi connectivity index (χ3v) is 1.48. The number of carbonyl (C=O) groups is 1. The van der Waals surface area contributed by atoms with Crippen LogP contribution in [0.2, 0.25) is 0 Å². The maximum Gasteiger partial charge on any atom is 0.466 e. The maximum absolute atomic E-state index is 10.5. The number of carbonyl (C=O) groups excluding carboxylic acids is 1. The molecule has 17 heavy (non-hydrogen) atoms. The number of phosphoric acid groups is 1. The molecule has 0 unspecified atom stereocenters. The smallest absolute Gasteiger partial charge is 0.466 e. The van der Waals surface area contributed by atoms with E-state index in [1.54, 1.807) is 0 Å². The predicted molar refractivity (Wildman–Crippen MR) is 49.5 cm³/mol. The Hall–Kier alpha value is -1.16. The van der Waals surface area contributed by atoms with Crippen LogP contribution in [-0.4, -0.2) is 59.9 Å². The van der Waals surface area contributed by atoms with Crippen LogP contribution in [0.25, 0.3) is 0 Å². The Labute approximate surface area is 94.3 Å². The molecule has 2 atom stereocenters. The number of hydrogen-bond acceptors (Lipinski definition) is 7. The molecule has 0 aromatic rings. The van der Waals surface area contributed by atoms with Crippen LogP contribution in [0.5, 0.6) is 0 Å². The van der Waals surface area contributed by atoms with Gasteiger partial charge in [-0.15, -0.1) is 0 Å². The second-order valence-corrected chi connectivity index (χ2v) is 3.85. The molecule has 11 heteroatoms. The number of aliphatic hydroxyl groups excluding tert-OH is 4. The standard InChI is InChI=1S/C6H8O6.H3O4P/c7-1-2(8)5-3(9)4(10)6(11)12-5;1-5(2,3)4/h2,5,7-10H,1H2;(H3,1,2,3,4)/t2-,5+;/m1./s1. The Morgan fingerprint density at radius 1 is 1.29 bits per heavy atom. The lowest BCUT2D eigenvalue weighted by atomic mass is 10.2. The van der Waals surface area contributed by atoms with Crippen molar-refractivity contribution in [2.24, 2.45) is 0 Å². The van der Waals surface area contributed by atoms with Gasteiger partial charge in [-0.3, -0.25) is 0 Å². The topological polar surface area (TPSA) is 185 Å². The summed E-state index contributed by atoms with van der Waals surface area (Å²) < 4.78 is 13.2. The summed E-state index contributed by atoms with van der Waals surface area (Å²) >= 11 is 0.